The zero-order chi connectivity index (χ0) is 15.0. The molecule has 0 aliphatic heterocycles. The molecule has 5 nitrogen and oxygen atoms in total. The number of amides is 1. The van der Waals surface area contributed by atoms with E-state index >= 15 is 0 Å². The first-order valence-corrected chi connectivity index (χ1v) is 7.82. The Labute approximate surface area is 147 Å². The van der Waals surface area contributed by atoms with Gasteiger partial charge in [-0.15, -0.1) is 24.8 Å². The third-order valence-corrected chi connectivity index (χ3v) is 3.89. The minimum atomic E-state index is 0. The van der Waals surface area contributed by atoms with Crippen molar-refractivity contribution < 1.29 is 9.53 Å². The number of rotatable bonds is 8. The number of carbonyl (C=O) groups excluding carboxylic acids is 1. The van der Waals surface area contributed by atoms with Gasteiger partial charge in [0.2, 0.25) is 5.91 Å². The van der Waals surface area contributed by atoms with Gasteiger partial charge in [-0.1, -0.05) is 6.42 Å². The molecule has 1 saturated carbocycles. The lowest BCUT2D eigenvalue weighted by Gasteiger charge is -2.27. The van der Waals surface area contributed by atoms with E-state index in [0.29, 0.717) is 13.2 Å². The third-order valence-electron chi connectivity index (χ3n) is 3.89. The summed E-state index contributed by atoms with van der Waals surface area (Å²) in [6.45, 7) is 4.24. The van der Waals surface area contributed by atoms with Gasteiger partial charge in [-0.25, -0.2) is 0 Å². The highest BCUT2D eigenvalue weighted by Crippen LogP contribution is 2.23. The van der Waals surface area contributed by atoms with E-state index in [1.54, 1.807) is 0 Å². The SMILES string of the molecule is CCOC(CCN(C)C)CNC(=O)C1CCCC(N)C1.Cl.Cl. The van der Waals surface area contributed by atoms with Crippen molar-refractivity contribution in [1.29, 1.82) is 0 Å². The molecule has 1 fully saturated rings. The molecule has 3 unspecified atom stereocenters. The molecule has 0 aromatic heterocycles. The predicted molar refractivity (Wildman–Crippen MR) is 96.0 cm³/mol. The maximum atomic E-state index is 12.2. The molecule has 0 aromatic rings. The van der Waals surface area contributed by atoms with Crippen LogP contribution in [-0.2, 0) is 9.53 Å². The average Bonchev–Trinajstić information content (AvgIpc) is 2.41. The average molecular weight is 358 g/mol. The van der Waals surface area contributed by atoms with Crippen LogP contribution in [0.25, 0.3) is 0 Å². The van der Waals surface area contributed by atoms with E-state index in [9.17, 15) is 4.79 Å². The molecule has 1 aliphatic rings. The minimum Gasteiger partial charge on any atom is -0.377 e. The summed E-state index contributed by atoms with van der Waals surface area (Å²) in [5.74, 6) is 0.240. The highest BCUT2D eigenvalue weighted by Gasteiger charge is 2.25. The van der Waals surface area contributed by atoms with Gasteiger partial charge >= 0.3 is 0 Å². The second-order valence-electron chi connectivity index (χ2n) is 6.04. The summed E-state index contributed by atoms with van der Waals surface area (Å²) in [6.07, 6.45) is 4.94. The molecule has 1 amide bonds. The molecule has 0 heterocycles. The van der Waals surface area contributed by atoms with Gasteiger partial charge in [-0.2, -0.15) is 0 Å². The third kappa shape index (κ3) is 9.85. The molecule has 7 heteroatoms. The Morgan fingerprint density at radius 3 is 2.59 bits per heavy atom. The predicted octanol–water partition coefficient (Wildman–Crippen LogP) is 1.82. The molecule has 0 radical (unpaired) electrons. The van der Waals surface area contributed by atoms with Gasteiger partial charge in [0.1, 0.15) is 0 Å². The number of carbonyl (C=O) groups is 1. The van der Waals surface area contributed by atoms with Crippen molar-refractivity contribution in [1.82, 2.24) is 10.2 Å². The van der Waals surface area contributed by atoms with Crippen LogP contribution in [0.2, 0.25) is 0 Å². The molecule has 0 aromatic carbocycles. The van der Waals surface area contributed by atoms with E-state index in [0.717, 1.165) is 38.6 Å². The normalized spacial score (nSPS) is 22.4. The van der Waals surface area contributed by atoms with Gasteiger partial charge in [0.15, 0.2) is 0 Å². The van der Waals surface area contributed by atoms with Gasteiger partial charge in [0.25, 0.3) is 0 Å². The smallest absolute Gasteiger partial charge is 0.223 e. The second-order valence-corrected chi connectivity index (χ2v) is 6.04. The number of hydrogen-bond acceptors (Lipinski definition) is 4. The van der Waals surface area contributed by atoms with Crippen LogP contribution in [0.5, 0.6) is 0 Å². The summed E-state index contributed by atoms with van der Waals surface area (Å²) in [5, 5.41) is 3.04. The number of nitrogens with zero attached hydrogens (tertiary/aromatic N) is 1. The van der Waals surface area contributed by atoms with Crippen molar-refractivity contribution in [2.45, 2.75) is 51.2 Å². The molecule has 134 valence electrons. The summed E-state index contributed by atoms with van der Waals surface area (Å²) < 4.78 is 5.69. The van der Waals surface area contributed by atoms with Crippen molar-refractivity contribution >= 4 is 30.7 Å². The monoisotopic (exact) mass is 357 g/mol. The lowest BCUT2D eigenvalue weighted by Crippen LogP contribution is -2.41. The molecule has 0 saturated heterocycles. The summed E-state index contributed by atoms with van der Waals surface area (Å²) in [7, 11) is 4.09. The summed E-state index contributed by atoms with van der Waals surface area (Å²) in [4.78, 5) is 14.3. The Morgan fingerprint density at radius 1 is 1.36 bits per heavy atom. The molecule has 0 spiro atoms. The molecule has 1 rings (SSSR count). The maximum absolute atomic E-state index is 12.2. The van der Waals surface area contributed by atoms with E-state index in [1.165, 1.54) is 0 Å². The quantitative estimate of drug-likeness (QED) is 0.695. The van der Waals surface area contributed by atoms with Crippen LogP contribution in [0.1, 0.15) is 39.0 Å². The first-order chi connectivity index (χ1) is 9.52. The Hall–Kier alpha value is -0.0700. The van der Waals surface area contributed by atoms with E-state index in [4.69, 9.17) is 10.5 Å². The van der Waals surface area contributed by atoms with Crippen LogP contribution >= 0.6 is 24.8 Å². The minimum absolute atomic E-state index is 0. The van der Waals surface area contributed by atoms with Crippen LogP contribution in [-0.4, -0.2) is 56.7 Å². The zero-order valence-electron chi connectivity index (χ0n) is 14.0. The Bertz CT molecular complexity index is 294. The maximum Gasteiger partial charge on any atom is 0.223 e. The van der Waals surface area contributed by atoms with Crippen LogP contribution in [0.4, 0.5) is 0 Å². The first-order valence-electron chi connectivity index (χ1n) is 7.82. The van der Waals surface area contributed by atoms with Crippen molar-refractivity contribution in [3.63, 3.8) is 0 Å². The van der Waals surface area contributed by atoms with Crippen molar-refractivity contribution in [2.75, 3.05) is 33.8 Å². The first kappa shape index (κ1) is 24.2. The summed E-state index contributed by atoms with van der Waals surface area (Å²) in [6, 6.07) is 0.191. The highest BCUT2D eigenvalue weighted by molar-refractivity contribution is 5.85. The topological polar surface area (TPSA) is 67.6 Å². The van der Waals surface area contributed by atoms with E-state index in [1.807, 2.05) is 21.0 Å². The number of hydrogen-bond donors (Lipinski definition) is 2. The van der Waals surface area contributed by atoms with Crippen molar-refractivity contribution in [3.05, 3.63) is 0 Å². The van der Waals surface area contributed by atoms with Crippen LogP contribution in [0, 0.1) is 5.92 Å². The lowest BCUT2D eigenvalue weighted by atomic mass is 9.85. The standard InChI is InChI=1S/C15H31N3O2.2ClH/c1-4-20-14(8-9-18(2)3)11-17-15(19)12-6-5-7-13(16)10-12;;/h12-14H,4-11,16H2,1-3H3,(H,17,19);2*1H. The summed E-state index contributed by atoms with van der Waals surface area (Å²) >= 11 is 0. The number of ether oxygens (including phenoxy) is 1. The number of nitrogens with two attached hydrogens (primary N) is 1. The fourth-order valence-corrected chi connectivity index (χ4v) is 2.71. The van der Waals surface area contributed by atoms with Gasteiger partial charge in [-0.3, -0.25) is 4.79 Å². The molecule has 3 N–H and O–H groups in total. The fraction of sp³-hybridized carbons (Fsp3) is 0.933. The molecule has 1 aliphatic carbocycles. The van der Waals surface area contributed by atoms with E-state index in [2.05, 4.69) is 10.2 Å². The number of nitrogens with one attached hydrogen (secondary N) is 1. The molecule has 3 atom stereocenters. The van der Waals surface area contributed by atoms with E-state index in [-0.39, 0.29) is 48.8 Å². The lowest BCUT2D eigenvalue weighted by molar-refractivity contribution is -0.126. The van der Waals surface area contributed by atoms with Gasteiger partial charge in [0.05, 0.1) is 6.10 Å². The van der Waals surface area contributed by atoms with E-state index < -0.39 is 0 Å². The van der Waals surface area contributed by atoms with Gasteiger partial charge in [0, 0.05) is 31.7 Å². The fourth-order valence-electron chi connectivity index (χ4n) is 2.71. The Kier molecular flexibility index (Phi) is 14.7. The Morgan fingerprint density at radius 2 is 2.05 bits per heavy atom. The largest absolute Gasteiger partial charge is 0.377 e. The van der Waals surface area contributed by atoms with Crippen molar-refractivity contribution in [3.8, 4) is 0 Å². The van der Waals surface area contributed by atoms with Crippen LogP contribution in [0.15, 0.2) is 0 Å². The van der Waals surface area contributed by atoms with Gasteiger partial charge in [-0.05, 0) is 46.7 Å². The zero-order valence-corrected chi connectivity index (χ0v) is 15.7. The molecular formula is C15H33Cl2N3O2. The van der Waals surface area contributed by atoms with Gasteiger partial charge < -0.3 is 20.7 Å². The van der Waals surface area contributed by atoms with Crippen molar-refractivity contribution in [2.24, 2.45) is 11.7 Å². The van der Waals surface area contributed by atoms with Crippen LogP contribution in [0.3, 0.4) is 0 Å². The second kappa shape index (κ2) is 13.4. The number of halogens is 2. The van der Waals surface area contributed by atoms with Crippen LogP contribution < -0.4 is 11.1 Å². The molecule has 0 bridgehead atoms. The molecule has 22 heavy (non-hydrogen) atoms. The Balaban J connectivity index is 0. The molecular weight excluding hydrogens is 325 g/mol. The summed E-state index contributed by atoms with van der Waals surface area (Å²) in [5.41, 5.74) is 5.94. The highest BCUT2D eigenvalue weighted by atomic mass is 35.5.